The summed E-state index contributed by atoms with van der Waals surface area (Å²) in [7, 11) is 0. The van der Waals surface area contributed by atoms with Gasteiger partial charge in [0.1, 0.15) is 11.6 Å². The fourth-order valence-corrected chi connectivity index (χ4v) is 2.89. The molecule has 3 rings (SSSR count). The Morgan fingerprint density at radius 1 is 1.35 bits per heavy atom. The second-order valence-electron chi connectivity index (χ2n) is 5.74. The van der Waals surface area contributed by atoms with Crippen molar-refractivity contribution in [3.05, 3.63) is 57.5 Å². The number of hydrogen-bond acceptors (Lipinski definition) is 4. The molecule has 0 radical (unpaired) electrons. The molecule has 1 aliphatic heterocycles. The predicted octanol–water partition coefficient (Wildman–Crippen LogP) is 2.33. The van der Waals surface area contributed by atoms with Gasteiger partial charge in [0.05, 0.1) is 12.1 Å². The van der Waals surface area contributed by atoms with Crippen LogP contribution in [0.3, 0.4) is 0 Å². The van der Waals surface area contributed by atoms with Crippen molar-refractivity contribution in [2.45, 2.75) is 31.8 Å². The van der Waals surface area contributed by atoms with Gasteiger partial charge in [0.15, 0.2) is 0 Å². The van der Waals surface area contributed by atoms with Crippen LogP contribution in [0.1, 0.15) is 36.9 Å². The third-order valence-corrected chi connectivity index (χ3v) is 3.93. The average molecular weight is 318 g/mol. The molecule has 0 saturated carbocycles. The maximum Gasteiger partial charge on any atom is 0.301 e. The van der Waals surface area contributed by atoms with Crippen molar-refractivity contribution >= 4 is 11.7 Å². The molecular formula is C15H15FN4O3. The first-order valence-electron chi connectivity index (χ1n) is 7.17. The van der Waals surface area contributed by atoms with Crippen molar-refractivity contribution in [3.8, 4) is 0 Å². The molecule has 0 fully saturated rings. The zero-order valence-electron chi connectivity index (χ0n) is 12.6. The van der Waals surface area contributed by atoms with Crippen LogP contribution in [0.15, 0.2) is 30.5 Å². The van der Waals surface area contributed by atoms with E-state index < -0.39 is 28.6 Å². The monoisotopic (exact) mass is 318 g/mol. The van der Waals surface area contributed by atoms with E-state index in [-0.39, 0.29) is 6.04 Å². The minimum atomic E-state index is -1.47. The van der Waals surface area contributed by atoms with Gasteiger partial charge in [-0.15, -0.1) is 0 Å². The Bertz CT molecular complexity index is 770. The minimum absolute atomic E-state index is 0.0138. The number of anilines is 1. The number of amides is 1. The molecule has 0 aliphatic carbocycles. The van der Waals surface area contributed by atoms with Gasteiger partial charge in [0, 0.05) is 16.5 Å². The molecule has 2 heterocycles. The first-order valence-corrected chi connectivity index (χ1v) is 7.17. The Labute approximate surface area is 131 Å². The fraction of sp³-hybridized carbons (Fsp3) is 0.333. The highest BCUT2D eigenvalue weighted by molar-refractivity contribution is 5.97. The van der Waals surface area contributed by atoms with Gasteiger partial charge in [-0.3, -0.25) is 14.9 Å². The Morgan fingerprint density at radius 3 is 2.57 bits per heavy atom. The summed E-state index contributed by atoms with van der Waals surface area (Å²) < 4.78 is 14.8. The number of nitrogens with one attached hydrogen (secondary N) is 1. The first kappa shape index (κ1) is 15.1. The largest absolute Gasteiger partial charge is 0.305 e. The van der Waals surface area contributed by atoms with E-state index in [1.807, 2.05) is 13.8 Å². The number of nitrogens with zero attached hydrogens (tertiary/aromatic N) is 3. The standard InChI is InChI=1S/C15H15FN4O3/c1-8(2)19-14-11(7-17-19)12(9-3-5-10(16)6-4-9)13(20(22)23)15(21)18-14/h3-8,12-13H,1-2H3,(H,18,21). The van der Waals surface area contributed by atoms with Crippen molar-refractivity contribution in [1.29, 1.82) is 0 Å². The number of hydrogen-bond donors (Lipinski definition) is 1. The van der Waals surface area contributed by atoms with Crippen LogP contribution < -0.4 is 5.32 Å². The number of nitro groups is 1. The molecule has 1 aliphatic rings. The van der Waals surface area contributed by atoms with Gasteiger partial charge in [-0.2, -0.15) is 5.10 Å². The number of carbonyl (C=O) groups excluding carboxylic acids is 1. The maximum absolute atomic E-state index is 13.2. The molecule has 0 spiro atoms. The second kappa shape index (κ2) is 5.45. The van der Waals surface area contributed by atoms with E-state index in [4.69, 9.17) is 0 Å². The molecule has 23 heavy (non-hydrogen) atoms. The maximum atomic E-state index is 13.2. The van der Waals surface area contributed by atoms with Gasteiger partial charge in [-0.1, -0.05) is 12.1 Å². The van der Waals surface area contributed by atoms with Crippen molar-refractivity contribution in [3.63, 3.8) is 0 Å². The lowest BCUT2D eigenvalue weighted by Crippen LogP contribution is -2.44. The zero-order valence-corrected chi connectivity index (χ0v) is 12.6. The Morgan fingerprint density at radius 2 is 2.00 bits per heavy atom. The van der Waals surface area contributed by atoms with Gasteiger partial charge in [-0.05, 0) is 31.5 Å². The SMILES string of the molecule is CC(C)n1ncc2c1NC(=O)C([N+](=O)[O-])C2c1ccc(F)cc1. The second-order valence-corrected chi connectivity index (χ2v) is 5.74. The molecule has 1 amide bonds. The molecule has 1 aromatic carbocycles. The number of halogens is 1. The van der Waals surface area contributed by atoms with E-state index in [0.29, 0.717) is 16.9 Å². The quantitative estimate of drug-likeness (QED) is 0.694. The van der Waals surface area contributed by atoms with Crippen LogP contribution in [0.5, 0.6) is 0 Å². The number of aromatic nitrogens is 2. The highest BCUT2D eigenvalue weighted by atomic mass is 19.1. The summed E-state index contributed by atoms with van der Waals surface area (Å²) >= 11 is 0. The van der Waals surface area contributed by atoms with Gasteiger partial charge in [0.2, 0.25) is 0 Å². The Hall–Kier alpha value is -2.77. The molecule has 8 heteroatoms. The highest BCUT2D eigenvalue weighted by Gasteiger charge is 2.47. The summed E-state index contributed by atoms with van der Waals surface area (Å²) in [6.45, 7) is 3.79. The minimum Gasteiger partial charge on any atom is -0.305 e. The van der Waals surface area contributed by atoms with E-state index in [0.717, 1.165) is 0 Å². The van der Waals surface area contributed by atoms with E-state index in [1.165, 1.54) is 30.5 Å². The lowest BCUT2D eigenvalue weighted by molar-refractivity contribution is -0.509. The normalized spacial score (nSPS) is 20.3. The summed E-state index contributed by atoms with van der Waals surface area (Å²) in [6.07, 6.45) is 1.53. The van der Waals surface area contributed by atoms with Crippen LogP contribution in [-0.2, 0) is 4.79 Å². The highest BCUT2D eigenvalue weighted by Crippen LogP contribution is 2.39. The zero-order chi connectivity index (χ0) is 16.7. The van der Waals surface area contributed by atoms with Crippen LogP contribution >= 0.6 is 0 Å². The summed E-state index contributed by atoms with van der Waals surface area (Å²) in [6, 6.07) is 3.89. The molecule has 2 unspecified atom stereocenters. The summed E-state index contributed by atoms with van der Waals surface area (Å²) in [5.41, 5.74) is 1.07. The molecule has 1 aromatic heterocycles. The molecule has 1 N–H and O–H groups in total. The topological polar surface area (TPSA) is 90.1 Å². The molecule has 120 valence electrons. The van der Waals surface area contributed by atoms with Crippen molar-refractivity contribution < 1.29 is 14.1 Å². The van der Waals surface area contributed by atoms with Crippen LogP contribution in [0.2, 0.25) is 0 Å². The van der Waals surface area contributed by atoms with Gasteiger partial charge in [-0.25, -0.2) is 9.07 Å². The third-order valence-electron chi connectivity index (χ3n) is 3.93. The van der Waals surface area contributed by atoms with Gasteiger partial charge >= 0.3 is 11.9 Å². The van der Waals surface area contributed by atoms with E-state index in [2.05, 4.69) is 10.4 Å². The molecule has 0 bridgehead atoms. The van der Waals surface area contributed by atoms with Gasteiger partial charge in [0.25, 0.3) is 0 Å². The Balaban J connectivity index is 2.18. The molecule has 2 aromatic rings. The summed E-state index contributed by atoms with van der Waals surface area (Å²) in [5.74, 6) is -1.48. The van der Waals surface area contributed by atoms with Crippen LogP contribution in [-0.4, -0.2) is 26.7 Å². The lowest BCUT2D eigenvalue weighted by Gasteiger charge is -2.27. The van der Waals surface area contributed by atoms with E-state index in [9.17, 15) is 19.3 Å². The fourth-order valence-electron chi connectivity index (χ4n) is 2.89. The van der Waals surface area contributed by atoms with Crippen LogP contribution in [0, 0.1) is 15.9 Å². The van der Waals surface area contributed by atoms with Crippen molar-refractivity contribution in [1.82, 2.24) is 9.78 Å². The van der Waals surface area contributed by atoms with Crippen molar-refractivity contribution in [2.24, 2.45) is 0 Å². The van der Waals surface area contributed by atoms with Crippen molar-refractivity contribution in [2.75, 3.05) is 5.32 Å². The predicted molar refractivity (Wildman–Crippen MR) is 80.3 cm³/mol. The number of carbonyl (C=O) groups is 1. The summed E-state index contributed by atoms with van der Waals surface area (Å²) in [4.78, 5) is 23.1. The first-order chi connectivity index (χ1) is 10.9. The third kappa shape index (κ3) is 2.45. The lowest BCUT2D eigenvalue weighted by atomic mass is 9.83. The number of fused-ring (bicyclic) bond motifs is 1. The molecular weight excluding hydrogens is 303 g/mol. The Kier molecular flexibility index (Phi) is 3.59. The molecule has 0 saturated heterocycles. The molecule has 2 atom stereocenters. The smallest absolute Gasteiger partial charge is 0.301 e. The van der Waals surface area contributed by atoms with Crippen LogP contribution in [0.4, 0.5) is 10.2 Å². The average Bonchev–Trinajstić information content (AvgIpc) is 2.90. The van der Waals surface area contributed by atoms with E-state index in [1.54, 1.807) is 4.68 Å². The van der Waals surface area contributed by atoms with E-state index >= 15 is 0 Å². The van der Waals surface area contributed by atoms with Crippen LogP contribution in [0.25, 0.3) is 0 Å². The number of benzene rings is 1. The number of rotatable bonds is 3. The van der Waals surface area contributed by atoms with Gasteiger partial charge < -0.3 is 5.32 Å². The molecule has 7 nitrogen and oxygen atoms in total. The summed E-state index contributed by atoms with van der Waals surface area (Å²) in [5, 5.41) is 18.2.